The largest absolute Gasteiger partial charge is 0.462 e. The van der Waals surface area contributed by atoms with E-state index in [1.54, 1.807) is 18.7 Å². The molecule has 0 unspecified atom stereocenters. The number of hydrogen-bond acceptors (Lipinski definition) is 5. The zero-order valence-corrected chi connectivity index (χ0v) is 11.4. The molecule has 0 saturated heterocycles. The van der Waals surface area contributed by atoms with Crippen LogP contribution in [-0.2, 0) is 19.0 Å². The Morgan fingerprint density at radius 3 is 2.00 bits per heavy atom. The highest BCUT2D eigenvalue weighted by Crippen LogP contribution is 2.22. The van der Waals surface area contributed by atoms with Gasteiger partial charge in [-0.3, -0.25) is 0 Å². The first kappa shape index (κ1) is 15.7. The van der Waals surface area contributed by atoms with Crippen molar-refractivity contribution in [2.24, 2.45) is 0 Å². The smallest absolute Gasteiger partial charge is 0.367 e. The highest BCUT2D eigenvalue weighted by Gasteiger charge is 2.42. The highest BCUT2D eigenvalue weighted by molar-refractivity contribution is 7.99. The summed E-state index contributed by atoms with van der Waals surface area (Å²) in [5.41, 5.74) is 0. The van der Waals surface area contributed by atoms with Crippen molar-refractivity contribution in [2.75, 3.05) is 31.3 Å². The van der Waals surface area contributed by atoms with Crippen LogP contribution in [0.2, 0.25) is 0 Å². The number of ether oxygens (including phenoxy) is 3. The summed E-state index contributed by atoms with van der Waals surface area (Å²) in [4.78, 5) is 11.9. The maximum atomic E-state index is 11.9. The summed E-state index contributed by atoms with van der Waals surface area (Å²) in [7, 11) is 0. The molecule has 16 heavy (non-hydrogen) atoms. The SMILES string of the molecule is CCOC(=O)C(CSCC)(OCC)OCC. The van der Waals surface area contributed by atoms with Crippen molar-refractivity contribution in [3.63, 3.8) is 0 Å². The van der Waals surface area contributed by atoms with E-state index in [0.29, 0.717) is 25.6 Å². The van der Waals surface area contributed by atoms with Crippen LogP contribution in [0.15, 0.2) is 0 Å². The molecular formula is C11H22O4S. The predicted octanol–water partition coefficient (Wildman–Crippen LogP) is 2.07. The summed E-state index contributed by atoms with van der Waals surface area (Å²) in [6.45, 7) is 8.64. The van der Waals surface area contributed by atoms with Gasteiger partial charge in [0.2, 0.25) is 0 Å². The van der Waals surface area contributed by atoms with E-state index in [9.17, 15) is 4.79 Å². The number of hydrogen-bond donors (Lipinski definition) is 0. The molecule has 0 aromatic heterocycles. The van der Waals surface area contributed by atoms with Gasteiger partial charge in [0.1, 0.15) is 0 Å². The summed E-state index contributed by atoms with van der Waals surface area (Å²) in [5.74, 6) is -0.300. The van der Waals surface area contributed by atoms with E-state index in [0.717, 1.165) is 5.75 Å². The summed E-state index contributed by atoms with van der Waals surface area (Å²) < 4.78 is 15.9. The summed E-state index contributed by atoms with van der Waals surface area (Å²) >= 11 is 1.60. The second-order valence-electron chi connectivity index (χ2n) is 2.98. The average molecular weight is 250 g/mol. The van der Waals surface area contributed by atoms with Crippen molar-refractivity contribution in [3.8, 4) is 0 Å². The molecule has 0 aromatic carbocycles. The van der Waals surface area contributed by atoms with Crippen LogP contribution in [0.4, 0.5) is 0 Å². The second-order valence-corrected chi connectivity index (χ2v) is 4.25. The number of thioether (sulfide) groups is 1. The average Bonchev–Trinajstić information content (AvgIpc) is 2.27. The fourth-order valence-electron chi connectivity index (χ4n) is 1.25. The van der Waals surface area contributed by atoms with Gasteiger partial charge in [0.05, 0.1) is 12.4 Å². The van der Waals surface area contributed by atoms with E-state index < -0.39 is 11.8 Å². The van der Waals surface area contributed by atoms with Gasteiger partial charge >= 0.3 is 5.97 Å². The Kier molecular flexibility index (Phi) is 8.70. The standard InChI is InChI=1S/C11H22O4S/c1-5-13-10(12)11(14-6-2,15-7-3)9-16-8-4/h5-9H2,1-4H3. The molecule has 0 amide bonds. The van der Waals surface area contributed by atoms with E-state index in [1.165, 1.54) is 0 Å². The van der Waals surface area contributed by atoms with Gasteiger partial charge in [0.15, 0.2) is 0 Å². The molecule has 0 spiro atoms. The molecule has 96 valence electrons. The van der Waals surface area contributed by atoms with Crippen molar-refractivity contribution >= 4 is 17.7 Å². The normalized spacial score (nSPS) is 11.5. The van der Waals surface area contributed by atoms with Crippen molar-refractivity contribution in [1.82, 2.24) is 0 Å². The third kappa shape index (κ3) is 4.72. The first-order valence-corrected chi connectivity index (χ1v) is 6.85. The molecule has 0 aliphatic rings. The lowest BCUT2D eigenvalue weighted by Gasteiger charge is -2.30. The van der Waals surface area contributed by atoms with Crippen molar-refractivity contribution in [2.45, 2.75) is 33.5 Å². The Hall–Kier alpha value is -0.260. The van der Waals surface area contributed by atoms with Crippen LogP contribution in [-0.4, -0.2) is 43.1 Å². The summed E-state index contributed by atoms with van der Waals surface area (Å²) in [6, 6.07) is 0. The van der Waals surface area contributed by atoms with Crippen LogP contribution in [0.3, 0.4) is 0 Å². The molecule has 0 aromatic rings. The predicted molar refractivity (Wildman–Crippen MR) is 65.6 cm³/mol. The lowest BCUT2D eigenvalue weighted by Crippen LogP contribution is -2.48. The van der Waals surface area contributed by atoms with Crippen LogP contribution in [0, 0.1) is 0 Å². The molecule has 4 nitrogen and oxygen atoms in total. The van der Waals surface area contributed by atoms with Crippen LogP contribution >= 0.6 is 11.8 Å². The summed E-state index contributed by atoms with van der Waals surface area (Å²) in [6.07, 6.45) is 0. The zero-order valence-electron chi connectivity index (χ0n) is 10.6. The Morgan fingerprint density at radius 2 is 1.62 bits per heavy atom. The minimum absolute atomic E-state index is 0.331. The lowest BCUT2D eigenvalue weighted by molar-refractivity contribution is -0.235. The minimum Gasteiger partial charge on any atom is -0.462 e. The van der Waals surface area contributed by atoms with Gasteiger partial charge in [-0.25, -0.2) is 4.79 Å². The molecule has 0 atom stereocenters. The molecule has 5 heteroatoms. The second kappa shape index (κ2) is 8.84. The molecule has 0 radical (unpaired) electrons. The monoisotopic (exact) mass is 250 g/mol. The van der Waals surface area contributed by atoms with Gasteiger partial charge in [-0.05, 0) is 26.5 Å². The Bertz CT molecular complexity index is 190. The Morgan fingerprint density at radius 1 is 1.06 bits per heavy atom. The van der Waals surface area contributed by atoms with Crippen LogP contribution in [0.25, 0.3) is 0 Å². The van der Waals surface area contributed by atoms with E-state index in [-0.39, 0.29) is 0 Å². The molecule has 0 aliphatic carbocycles. The van der Waals surface area contributed by atoms with E-state index >= 15 is 0 Å². The minimum atomic E-state index is -1.24. The maximum absolute atomic E-state index is 11.9. The lowest BCUT2D eigenvalue weighted by atomic mass is 10.3. The first-order valence-electron chi connectivity index (χ1n) is 5.69. The topological polar surface area (TPSA) is 44.8 Å². The molecule has 0 fully saturated rings. The quantitative estimate of drug-likeness (QED) is 0.463. The molecule has 0 saturated carbocycles. The molecule has 0 aliphatic heterocycles. The Balaban J connectivity index is 4.68. The highest BCUT2D eigenvalue weighted by atomic mass is 32.2. The van der Waals surface area contributed by atoms with Gasteiger partial charge in [-0.15, -0.1) is 0 Å². The molecule has 0 bridgehead atoms. The van der Waals surface area contributed by atoms with Gasteiger partial charge in [-0.2, -0.15) is 11.8 Å². The maximum Gasteiger partial charge on any atom is 0.367 e. The summed E-state index contributed by atoms with van der Waals surface area (Å²) in [5, 5.41) is 0. The van der Waals surface area contributed by atoms with Crippen LogP contribution in [0.1, 0.15) is 27.7 Å². The van der Waals surface area contributed by atoms with Crippen molar-refractivity contribution in [3.05, 3.63) is 0 Å². The third-order valence-corrected chi connectivity index (χ3v) is 2.83. The van der Waals surface area contributed by atoms with Gasteiger partial charge in [-0.1, -0.05) is 6.92 Å². The van der Waals surface area contributed by atoms with Crippen LogP contribution in [0.5, 0.6) is 0 Å². The zero-order chi connectivity index (χ0) is 12.4. The number of rotatable bonds is 9. The van der Waals surface area contributed by atoms with E-state index in [4.69, 9.17) is 14.2 Å². The first-order chi connectivity index (χ1) is 7.66. The number of esters is 1. The Labute approximate surface area is 102 Å². The van der Waals surface area contributed by atoms with Crippen molar-refractivity contribution in [1.29, 1.82) is 0 Å². The van der Waals surface area contributed by atoms with Crippen LogP contribution < -0.4 is 0 Å². The fourth-order valence-corrected chi connectivity index (χ4v) is 2.00. The number of carbonyl (C=O) groups is 1. The van der Waals surface area contributed by atoms with Gasteiger partial charge in [0.25, 0.3) is 5.79 Å². The van der Waals surface area contributed by atoms with E-state index in [1.807, 2.05) is 20.8 Å². The van der Waals surface area contributed by atoms with E-state index in [2.05, 4.69) is 0 Å². The van der Waals surface area contributed by atoms with Gasteiger partial charge in [0, 0.05) is 13.2 Å². The molecule has 0 rings (SSSR count). The molecular weight excluding hydrogens is 228 g/mol. The molecule has 0 N–H and O–H groups in total. The van der Waals surface area contributed by atoms with Crippen molar-refractivity contribution < 1.29 is 19.0 Å². The number of carbonyl (C=O) groups excluding carboxylic acids is 1. The fraction of sp³-hybridized carbons (Fsp3) is 0.909. The van der Waals surface area contributed by atoms with Gasteiger partial charge < -0.3 is 14.2 Å². The molecule has 0 heterocycles. The third-order valence-electron chi connectivity index (χ3n) is 1.84.